The Morgan fingerprint density at radius 1 is 1.29 bits per heavy atom. The summed E-state index contributed by atoms with van der Waals surface area (Å²) in [5.41, 5.74) is 0.148. The van der Waals surface area contributed by atoms with Crippen LogP contribution in [-0.4, -0.2) is 43.5 Å². The average Bonchev–Trinajstić information content (AvgIpc) is 1.81. The average molecular weight is 193 g/mol. The van der Waals surface area contributed by atoms with Gasteiger partial charge >= 0.3 is 18.9 Å². The van der Waals surface area contributed by atoms with Gasteiger partial charge in [0, 0.05) is 13.5 Å². The van der Waals surface area contributed by atoms with E-state index in [0.717, 1.165) is 18.9 Å². The maximum Gasteiger partial charge on any atom is 1.00 e. The van der Waals surface area contributed by atoms with Crippen LogP contribution in [0.4, 0.5) is 0 Å². The van der Waals surface area contributed by atoms with E-state index in [-0.39, 0.29) is 24.4 Å². The fourth-order valence-corrected chi connectivity index (χ4v) is 1.07. The number of likely N-dealkylation sites (N-methyl/N-ethyl adjacent to an activating group) is 1. The van der Waals surface area contributed by atoms with Gasteiger partial charge in [0.25, 0.3) is 0 Å². The number of hydrogen-bond donors (Lipinski definition) is 2. The molecule has 0 unspecified atom stereocenters. The molecule has 0 aromatic rings. The molecule has 0 aromatic heterocycles. The molecule has 0 rings (SSSR count). The summed E-state index contributed by atoms with van der Waals surface area (Å²) in [6.07, 6.45) is 0. The van der Waals surface area contributed by atoms with Gasteiger partial charge in [-0.05, 0) is 34.9 Å². The van der Waals surface area contributed by atoms with Crippen molar-refractivity contribution in [3.63, 3.8) is 0 Å². The molecule has 0 heterocycles. The summed E-state index contributed by atoms with van der Waals surface area (Å²) in [7, 11) is 4.16. The Labute approximate surface area is 101 Å². The van der Waals surface area contributed by atoms with Gasteiger partial charge < -0.3 is 4.90 Å². The van der Waals surface area contributed by atoms with Crippen LogP contribution >= 0.6 is 0 Å². The van der Waals surface area contributed by atoms with Gasteiger partial charge in [0.05, 0.1) is 12.1 Å². The molecule has 0 radical (unpaired) electrons. The first kappa shape index (κ1) is 16.5. The van der Waals surface area contributed by atoms with Crippen LogP contribution in [0.25, 0.3) is 0 Å². The Balaban J connectivity index is 0. The molecule has 0 amide bonds. The van der Waals surface area contributed by atoms with E-state index in [2.05, 4.69) is 57.0 Å². The molecule has 0 aromatic carbocycles. The van der Waals surface area contributed by atoms with E-state index in [9.17, 15) is 0 Å². The number of hydrogen-bond acceptors (Lipinski definition) is 1. The van der Waals surface area contributed by atoms with Gasteiger partial charge in [-0.25, -0.2) is 0 Å². The second-order valence-electron chi connectivity index (χ2n) is 4.73. The van der Waals surface area contributed by atoms with Gasteiger partial charge in [-0.15, -0.1) is 0 Å². The first-order valence-corrected chi connectivity index (χ1v) is 4.81. The fraction of sp³-hybridized carbons (Fsp3) is 0.900. The van der Waals surface area contributed by atoms with E-state index in [1.807, 2.05) is 0 Å². The molecule has 0 spiro atoms. The topological polar surface area (TPSA) is 29.2 Å². The Morgan fingerprint density at radius 3 is 2.14 bits per heavy atom. The maximum atomic E-state index is 3.38. The molecule has 78 valence electrons. The molecule has 0 atom stereocenters. The zero-order valence-electron chi connectivity index (χ0n) is 10.9. The molecule has 0 saturated heterocycles. The van der Waals surface area contributed by atoms with Gasteiger partial charge in [-0.3, -0.25) is 10.3 Å². The Bertz CT molecular complexity index is 171. The summed E-state index contributed by atoms with van der Waals surface area (Å²) in [6, 6.07) is 0. The minimum atomic E-state index is 0. The van der Waals surface area contributed by atoms with Crippen LogP contribution in [0.15, 0.2) is 0 Å². The molecule has 14 heavy (non-hydrogen) atoms. The first-order valence-electron chi connectivity index (χ1n) is 4.81. The van der Waals surface area contributed by atoms with Crippen LogP contribution in [-0.2, 0) is 0 Å². The quantitative estimate of drug-likeness (QED) is 0.276. The van der Waals surface area contributed by atoms with Crippen molar-refractivity contribution >= 4 is 5.84 Å². The van der Waals surface area contributed by atoms with Crippen molar-refractivity contribution in [2.75, 3.05) is 27.2 Å². The molecular formula is C10H24LiN3+2. The Hall–Kier alpha value is 0.0274. The third-order valence-electron chi connectivity index (χ3n) is 1.51. The van der Waals surface area contributed by atoms with E-state index in [1.165, 1.54) is 0 Å². The predicted octanol–water partition coefficient (Wildman–Crippen LogP) is -3.56. The van der Waals surface area contributed by atoms with Crippen molar-refractivity contribution in [2.45, 2.75) is 33.2 Å². The normalized spacial score (nSPS) is 12.6. The molecule has 3 nitrogen and oxygen atoms in total. The molecule has 0 aliphatic carbocycles. The zero-order valence-corrected chi connectivity index (χ0v) is 10.9. The summed E-state index contributed by atoms with van der Waals surface area (Å²) in [5.74, 6) is 1.15. The standard InChI is InChI=1S/C10H23N3.Li/c1-9(12-10(2,3)4)11-7-8-13(5)6;/h7-8H2,1-6H3,(H,11,12);/q;+1/p+1. The zero-order chi connectivity index (χ0) is 10.5. The SMILES string of the molecule is CC(NC(C)(C)C)=[NH+]CCN(C)C.[Li+]. The molecule has 2 N–H and O–H groups in total. The third-order valence-corrected chi connectivity index (χ3v) is 1.51. The molecule has 0 aliphatic heterocycles. The van der Waals surface area contributed by atoms with Crippen LogP contribution in [0.5, 0.6) is 0 Å². The molecule has 0 aliphatic rings. The van der Waals surface area contributed by atoms with Crippen molar-refractivity contribution in [3.8, 4) is 0 Å². The van der Waals surface area contributed by atoms with Crippen LogP contribution in [0, 0.1) is 0 Å². The van der Waals surface area contributed by atoms with Gasteiger partial charge in [-0.1, -0.05) is 0 Å². The van der Waals surface area contributed by atoms with Crippen molar-refractivity contribution in [3.05, 3.63) is 0 Å². The monoisotopic (exact) mass is 193 g/mol. The first-order chi connectivity index (χ1) is 5.81. The van der Waals surface area contributed by atoms with Crippen LogP contribution < -0.4 is 29.2 Å². The van der Waals surface area contributed by atoms with Crippen molar-refractivity contribution in [2.24, 2.45) is 0 Å². The van der Waals surface area contributed by atoms with E-state index in [1.54, 1.807) is 0 Å². The smallest absolute Gasteiger partial charge is 0.306 e. The molecule has 4 heteroatoms. The van der Waals surface area contributed by atoms with Gasteiger partial charge in [0.2, 0.25) is 5.84 Å². The van der Waals surface area contributed by atoms with E-state index in [4.69, 9.17) is 0 Å². The van der Waals surface area contributed by atoms with Gasteiger partial charge in [0.15, 0.2) is 0 Å². The number of nitrogens with one attached hydrogen (secondary N) is 2. The second-order valence-corrected chi connectivity index (χ2v) is 4.73. The summed E-state index contributed by atoms with van der Waals surface area (Å²) < 4.78 is 0. The summed E-state index contributed by atoms with van der Waals surface area (Å²) >= 11 is 0. The van der Waals surface area contributed by atoms with Gasteiger partial charge in [0.1, 0.15) is 0 Å². The third kappa shape index (κ3) is 12.0. The summed E-state index contributed by atoms with van der Waals surface area (Å²) in [4.78, 5) is 5.50. The molecule has 0 fully saturated rings. The van der Waals surface area contributed by atoms with Crippen LogP contribution in [0.2, 0.25) is 0 Å². The van der Waals surface area contributed by atoms with Crippen LogP contribution in [0.3, 0.4) is 0 Å². The summed E-state index contributed by atoms with van der Waals surface area (Å²) in [5, 5.41) is 3.38. The van der Waals surface area contributed by atoms with Crippen molar-refractivity contribution < 1.29 is 23.9 Å². The van der Waals surface area contributed by atoms with Crippen molar-refractivity contribution in [1.82, 2.24) is 10.2 Å². The fourth-order valence-electron chi connectivity index (χ4n) is 1.07. The maximum absolute atomic E-state index is 3.38. The van der Waals surface area contributed by atoms with Crippen LogP contribution in [0.1, 0.15) is 27.7 Å². The van der Waals surface area contributed by atoms with Crippen molar-refractivity contribution in [1.29, 1.82) is 0 Å². The second kappa shape index (κ2) is 7.34. The minimum absolute atomic E-state index is 0. The largest absolute Gasteiger partial charge is 1.00 e. The molecule has 0 saturated carbocycles. The Morgan fingerprint density at radius 2 is 1.79 bits per heavy atom. The van der Waals surface area contributed by atoms with E-state index in [0.29, 0.717) is 0 Å². The van der Waals surface area contributed by atoms with E-state index >= 15 is 0 Å². The number of amidine groups is 1. The van der Waals surface area contributed by atoms with Gasteiger partial charge in [-0.2, -0.15) is 0 Å². The number of nitrogens with zero attached hydrogens (tertiary/aromatic N) is 1. The summed E-state index contributed by atoms with van der Waals surface area (Å²) in [6.45, 7) is 10.6. The van der Waals surface area contributed by atoms with E-state index < -0.39 is 0 Å². The molecule has 0 bridgehead atoms. The predicted molar refractivity (Wildman–Crippen MR) is 58.0 cm³/mol. The minimum Gasteiger partial charge on any atom is -0.306 e. The Kier molecular flexibility index (Phi) is 8.62. The molecular weight excluding hydrogens is 169 g/mol. The number of rotatable bonds is 3.